The molecule has 2 N–H and O–H groups in total. The summed E-state index contributed by atoms with van der Waals surface area (Å²) in [5.74, 6) is 0.689. The first kappa shape index (κ1) is 15.3. The Morgan fingerprint density at radius 1 is 1.08 bits per heavy atom. The van der Waals surface area contributed by atoms with E-state index in [1.54, 1.807) is 0 Å². The van der Waals surface area contributed by atoms with Crippen LogP contribution in [0.5, 0.6) is 0 Å². The fourth-order valence-corrected chi connectivity index (χ4v) is 3.60. The third-order valence-corrected chi connectivity index (χ3v) is 5.00. The molecule has 0 atom stereocenters. The lowest BCUT2D eigenvalue weighted by atomic mass is 10.0. The van der Waals surface area contributed by atoms with Gasteiger partial charge < -0.3 is 10.6 Å². The Kier molecular flexibility index (Phi) is 3.75. The molecule has 6 nitrogen and oxygen atoms in total. The number of hydrogen-bond acceptors (Lipinski definition) is 5. The number of hydrogen-bond donors (Lipinski definition) is 2. The summed E-state index contributed by atoms with van der Waals surface area (Å²) in [5, 5.41) is 12.6. The highest BCUT2D eigenvalue weighted by Gasteiger charge is 2.14. The van der Waals surface area contributed by atoms with Gasteiger partial charge in [0.25, 0.3) is 0 Å². The van der Waals surface area contributed by atoms with Gasteiger partial charge in [-0.1, -0.05) is 12.1 Å². The first-order valence-electron chi connectivity index (χ1n) is 9.04. The number of benzene rings is 1. The highest BCUT2D eigenvalue weighted by Crippen LogP contribution is 2.28. The van der Waals surface area contributed by atoms with Crippen molar-refractivity contribution in [2.45, 2.75) is 18.9 Å². The molecule has 0 saturated carbocycles. The number of piperidine rings is 1. The van der Waals surface area contributed by atoms with Crippen molar-refractivity contribution in [2.24, 2.45) is 0 Å². The van der Waals surface area contributed by atoms with Crippen LogP contribution in [0, 0.1) is 0 Å². The molecule has 26 heavy (non-hydrogen) atoms. The van der Waals surface area contributed by atoms with Gasteiger partial charge in [0.2, 0.25) is 5.95 Å². The molecular weight excluding hydrogens is 324 g/mol. The van der Waals surface area contributed by atoms with E-state index in [-0.39, 0.29) is 0 Å². The normalized spacial score (nSPS) is 15.5. The van der Waals surface area contributed by atoms with Crippen molar-refractivity contribution in [1.29, 1.82) is 0 Å². The highest BCUT2D eigenvalue weighted by atomic mass is 15.3. The molecule has 5 rings (SSSR count). The molecule has 0 amide bonds. The molecule has 0 bridgehead atoms. The van der Waals surface area contributed by atoms with E-state index in [0.717, 1.165) is 53.5 Å². The Bertz CT molecular complexity index is 1060. The minimum absolute atomic E-state index is 0.441. The highest BCUT2D eigenvalue weighted by molar-refractivity contribution is 5.88. The SMILES string of the molecule is c1cnc2ccc(-c3ccn4nc(NC5CCNCC5)ncc34)cc2c1. The van der Waals surface area contributed by atoms with Crippen LogP contribution in [-0.4, -0.2) is 38.7 Å². The van der Waals surface area contributed by atoms with Crippen LogP contribution in [0.25, 0.3) is 27.5 Å². The third-order valence-electron chi connectivity index (χ3n) is 5.00. The zero-order valence-electron chi connectivity index (χ0n) is 14.4. The van der Waals surface area contributed by atoms with E-state index in [4.69, 9.17) is 0 Å². The van der Waals surface area contributed by atoms with Gasteiger partial charge in [0.1, 0.15) is 0 Å². The van der Waals surface area contributed by atoms with Gasteiger partial charge in [-0.2, -0.15) is 0 Å². The Balaban J connectivity index is 1.48. The quantitative estimate of drug-likeness (QED) is 0.598. The maximum Gasteiger partial charge on any atom is 0.241 e. The van der Waals surface area contributed by atoms with E-state index >= 15 is 0 Å². The summed E-state index contributed by atoms with van der Waals surface area (Å²) < 4.78 is 1.90. The van der Waals surface area contributed by atoms with E-state index in [1.165, 1.54) is 0 Å². The molecule has 0 aliphatic carbocycles. The number of nitrogens with one attached hydrogen (secondary N) is 2. The maximum atomic E-state index is 4.64. The summed E-state index contributed by atoms with van der Waals surface area (Å²) in [7, 11) is 0. The summed E-state index contributed by atoms with van der Waals surface area (Å²) >= 11 is 0. The van der Waals surface area contributed by atoms with Crippen LogP contribution in [0.15, 0.2) is 55.0 Å². The molecule has 130 valence electrons. The monoisotopic (exact) mass is 344 g/mol. The van der Waals surface area contributed by atoms with Gasteiger partial charge in [-0.05, 0) is 55.8 Å². The molecule has 1 aromatic carbocycles. The molecule has 0 unspecified atom stereocenters. The largest absolute Gasteiger partial charge is 0.350 e. The summed E-state index contributed by atoms with van der Waals surface area (Å²) in [6, 6.07) is 12.9. The summed E-state index contributed by atoms with van der Waals surface area (Å²) in [6.07, 6.45) is 7.92. The van der Waals surface area contributed by atoms with Crippen LogP contribution < -0.4 is 10.6 Å². The van der Waals surface area contributed by atoms with E-state index in [0.29, 0.717) is 12.0 Å². The van der Waals surface area contributed by atoms with E-state index in [1.807, 2.05) is 29.2 Å². The van der Waals surface area contributed by atoms with Crippen LogP contribution in [0.4, 0.5) is 5.95 Å². The van der Waals surface area contributed by atoms with Gasteiger partial charge in [0, 0.05) is 29.4 Å². The van der Waals surface area contributed by atoms with E-state index in [2.05, 4.69) is 56.0 Å². The molecule has 1 aliphatic heterocycles. The average molecular weight is 344 g/mol. The van der Waals surface area contributed by atoms with Crippen molar-refractivity contribution in [1.82, 2.24) is 24.9 Å². The van der Waals surface area contributed by atoms with Crippen LogP contribution >= 0.6 is 0 Å². The summed E-state index contributed by atoms with van der Waals surface area (Å²) in [5.41, 5.74) is 4.29. The molecule has 1 aliphatic rings. The number of fused-ring (bicyclic) bond motifs is 2. The number of aromatic nitrogens is 4. The van der Waals surface area contributed by atoms with E-state index in [9.17, 15) is 0 Å². The second kappa shape index (κ2) is 6.38. The van der Waals surface area contributed by atoms with Crippen molar-refractivity contribution >= 4 is 22.4 Å². The molecule has 4 aromatic rings. The van der Waals surface area contributed by atoms with Crippen molar-refractivity contribution in [3.05, 3.63) is 55.0 Å². The molecular formula is C20H20N6. The second-order valence-electron chi connectivity index (χ2n) is 6.72. The van der Waals surface area contributed by atoms with Crippen LogP contribution in [-0.2, 0) is 0 Å². The number of pyridine rings is 1. The molecule has 0 spiro atoms. The maximum absolute atomic E-state index is 4.64. The molecule has 4 heterocycles. The Morgan fingerprint density at radius 2 is 2.00 bits per heavy atom. The zero-order valence-corrected chi connectivity index (χ0v) is 14.4. The Hall–Kier alpha value is -2.99. The third kappa shape index (κ3) is 2.78. The average Bonchev–Trinajstić information content (AvgIpc) is 3.12. The van der Waals surface area contributed by atoms with Gasteiger partial charge in [-0.3, -0.25) is 4.98 Å². The van der Waals surface area contributed by atoms with Crippen molar-refractivity contribution in [2.75, 3.05) is 18.4 Å². The predicted octanol–water partition coefficient (Wildman–Crippen LogP) is 3.11. The minimum Gasteiger partial charge on any atom is -0.350 e. The van der Waals surface area contributed by atoms with Gasteiger partial charge in [-0.15, -0.1) is 5.10 Å². The summed E-state index contributed by atoms with van der Waals surface area (Å²) in [6.45, 7) is 2.09. The molecule has 0 radical (unpaired) electrons. The topological polar surface area (TPSA) is 67.1 Å². The van der Waals surface area contributed by atoms with Crippen molar-refractivity contribution in [3.8, 4) is 11.1 Å². The lowest BCUT2D eigenvalue weighted by Gasteiger charge is -2.23. The molecule has 1 saturated heterocycles. The molecule has 3 aromatic heterocycles. The number of rotatable bonds is 3. The zero-order chi connectivity index (χ0) is 17.3. The number of nitrogens with zero attached hydrogens (tertiary/aromatic N) is 4. The molecule has 1 fully saturated rings. The first-order chi connectivity index (χ1) is 12.9. The number of anilines is 1. The smallest absolute Gasteiger partial charge is 0.241 e. The lowest BCUT2D eigenvalue weighted by Crippen LogP contribution is -2.35. The first-order valence-corrected chi connectivity index (χ1v) is 9.04. The van der Waals surface area contributed by atoms with Crippen LogP contribution in [0.3, 0.4) is 0 Å². The standard InChI is InChI=1S/C20H20N6/c1-2-15-12-14(3-4-18(15)22-8-1)17-7-11-26-19(17)13-23-20(25-26)24-16-5-9-21-10-6-16/h1-4,7-8,11-13,16,21H,5-6,9-10H2,(H,24,25). The second-order valence-corrected chi connectivity index (χ2v) is 6.72. The van der Waals surface area contributed by atoms with Gasteiger partial charge >= 0.3 is 0 Å². The minimum atomic E-state index is 0.441. The van der Waals surface area contributed by atoms with Gasteiger partial charge in [-0.25, -0.2) is 9.50 Å². The Labute approximate surface area is 151 Å². The van der Waals surface area contributed by atoms with E-state index < -0.39 is 0 Å². The van der Waals surface area contributed by atoms with Crippen molar-refractivity contribution in [3.63, 3.8) is 0 Å². The fraction of sp³-hybridized carbons (Fsp3) is 0.250. The van der Waals surface area contributed by atoms with Crippen molar-refractivity contribution < 1.29 is 0 Å². The van der Waals surface area contributed by atoms with Gasteiger partial charge in [0.15, 0.2) is 0 Å². The van der Waals surface area contributed by atoms with Crippen LogP contribution in [0.2, 0.25) is 0 Å². The summed E-state index contributed by atoms with van der Waals surface area (Å²) in [4.78, 5) is 8.94. The predicted molar refractivity (Wildman–Crippen MR) is 103 cm³/mol. The fourth-order valence-electron chi connectivity index (χ4n) is 3.60. The Morgan fingerprint density at radius 3 is 2.92 bits per heavy atom. The molecule has 6 heteroatoms. The lowest BCUT2D eigenvalue weighted by molar-refractivity contribution is 0.476. The van der Waals surface area contributed by atoms with Gasteiger partial charge in [0.05, 0.1) is 17.2 Å². The van der Waals surface area contributed by atoms with Crippen LogP contribution in [0.1, 0.15) is 12.8 Å².